The number of aryl methyl sites for hydroxylation is 4. The van der Waals surface area contributed by atoms with Crippen LogP contribution in [0.1, 0.15) is 28.8 Å². The maximum Gasteiger partial charge on any atom is 0.272 e. The lowest BCUT2D eigenvalue weighted by Crippen LogP contribution is -2.29. The molecule has 1 N–H and O–H groups in total. The van der Waals surface area contributed by atoms with Crippen LogP contribution in [0.2, 0.25) is 0 Å². The lowest BCUT2D eigenvalue weighted by molar-refractivity contribution is -0.121. The molecule has 0 bridgehead atoms. The standard InChI is InChI=1S/C22H25N3O3/c1-14-10-19-20(11-15(14)2)25(22(27)16(3)24-19)9-8-21(26)23-13-17-6-5-7-18(12-17)28-4/h5-7,10-12H,8-9,13H2,1-4H3,(H,23,26). The second-order valence-corrected chi connectivity index (χ2v) is 6.96. The van der Waals surface area contributed by atoms with Crippen molar-refractivity contribution in [1.29, 1.82) is 0 Å². The number of amides is 1. The van der Waals surface area contributed by atoms with Crippen LogP contribution in [0.5, 0.6) is 5.75 Å². The molecular weight excluding hydrogens is 354 g/mol. The Morgan fingerprint density at radius 2 is 1.89 bits per heavy atom. The highest BCUT2D eigenvalue weighted by Crippen LogP contribution is 2.17. The minimum absolute atomic E-state index is 0.110. The summed E-state index contributed by atoms with van der Waals surface area (Å²) in [6.45, 7) is 6.46. The van der Waals surface area contributed by atoms with E-state index >= 15 is 0 Å². The molecular formula is C22H25N3O3. The van der Waals surface area contributed by atoms with Crippen molar-refractivity contribution in [2.75, 3.05) is 7.11 Å². The van der Waals surface area contributed by atoms with Crippen LogP contribution in [-0.4, -0.2) is 22.6 Å². The summed E-state index contributed by atoms with van der Waals surface area (Å²) in [5.74, 6) is 0.642. The lowest BCUT2D eigenvalue weighted by Gasteiger charge is -2.13. The molecule has 28 heavy (non-hydrogen) atoms. The van der Waals surface area contributed by atoms with Crippen LogP contribution >= 0.6 is 0 Å². The average Bonchev–Trinajstić information content (AvgIpc) is 2.68. The van der Waals surface area contributed by atoms with E-state index in [-0.39, 0.29) is 17.9 Å². The molecule has 0 aliphatic carbocycles. The first kappa shape index (κ1) is 19.6. The number of hydrogen-bond donors (Lipinski definition) is 1. The molecule has 0 saturated heterocycles. The zero-order valence-electron chi connectivity index (χ0n) is 16.7. The van der Waals surface area contributed by atoms with Crippen LogP contribution in [0, 0.1) is 20.8 Å². The van der Waals surface area contributed by atoms with Gasteiger partial charge in [0, 0.05) is 19.5 Å². The minimum atomic E-state index is -0.156. The monoisotopic (exact) mass is 379 g/mol. The molecule has 0 aliphatic rings. The van der Waals surface area contributed by atoms with E-state index in [9.17, 15) is 9.59 Å². The molecule has 3 rings (SSSR count). The van der Waals surface area contributed by atoms with E-state index in [1.165, 1.54) is 0 Å². The number of carbonyl (C=O) groups excluding carboxylic acids is 1. The molecule has 3 aromatic rings. The third kappa shape index (κ3) is 4.22. The summed E-state index contributed by atoms with van der Waals surface area (Å²) in [6.07, 6.45) is 0.218. The fourth-order valence-corrected chi connectivity index (χ4v) is 3.13. The smallest absolute Gasteiger partial charge is 0.272 e. The third-order valence-corrected chi connectivity index (χ3v) is 4.91. The highest BCUT2D eigenvalue weighted by molar-refractivity contribution is 5.78. The maximum atomic E-state index is 12.6. The molecule has 0 saturated carbocycles. The van der Waals surface area contributed by atoms with Gasteiger partial charge in [-0.1, -0.05) is 12.1 Å². The molecule has 0 spiro atoms. The van der Waals surface area contributed by atoms with E-state index in [2.05, 4.69) is 10.3 Å². The molecule has 0 unspecified atom stereocenters. The van der Waals surface area contributed by atoms with E-state index in [1.54, 1.807) is 18.6 Å². The predicted molar refractivity (Wildman–Crippen MR) is 110 cm³/mol. The summed E-state index contributed by atoms with van der Waals surface area (Å²) in [7, 11) is 1.61. The summed E-state index contributed by atoms with van der Waals surface area (Å²) in [5, 5.41) is 2.90. The van der Waals surface area contributed by atoms with Gasteiger partial charge < -0.3 is 14.6 Å². The van der Waals surface area contributed by atoms with Crippen molar-refractivity contribution in [3.05, 3.63) is 69.1 Å². The quantitative estimate of drug-likeness (QED) is 0.714. The van der Waals surface area contributed by atoms with Crippen LogP contribution in [0.15, 0.2) is 41.2 Å². The van der Waals surface area contributed by atoms with Gasteiger partial charge in [0.25, 0.3) is 5.56 Å². The maximum absolute atomic E-state index is 12.6. The van der Waals surface area contributed by atoms with Gasteiger partial charge in [0.15, 0.2) is 0 Å². The van der Waals surface area contributed by atoms with Gasteiger partial charge in [0.05, 0.1) is 18.1 Å². The van der Waals surface area contributed by atoms with E-state index in [0.29, 0.717) is 18.8 Å². The van der Waals surface area contributed by atoms with Crippen LogP contribution in [-0.2, 0) is 17.9 Å². The predicted octanol–water partition coefficient (Wildman–Crippen LogP) is 3.04. The van der Waals surface area contributed by atoms with Gasteiger partial charge in [0.2, 0.25) is 5.91 Å². The topological polar surface area (TPSA) is 73.2 Å². The SMILES string of the molecule is COc1cccc(CNC(=O)CCn2c(=O)c(C)nc3cc(C)c(C)cc32)c1. The summed E-state index contributed by atoms with van der Waals surface area (Å²) in [4.78, 5) is 29.3. The third-order valence-electron chi connectivity index (χ3n) is 4.91. The summed E-state index contributed by atoms with van der Waals surface area (Å²) >= 11 is 0. The first-order valence-electron chi connectivity index (χ1n) is 9.27. The van der Waals surface area contributed by atoms with Crippen LogP contribution in [0.3, 0.4) is 0 Å². The van der Waals surface area contributed by atoms with Gasteiger partial charge in [-0.2, -0.15) is 0 Å². The van der Waals surface area contributed by atoms with Gasteiger partial charge in [-0.05, 0) is 61.7 Å². The molecule has 1 heterocycles. The zero-order valence-corrected chi connectivity index (χ0v) is 16.7. The minimum Gasteiger partial charge on any atom is -0.497 e. The molecule has 1 amide bonds. The van der Waals surface area contributed by atoms with Crippen molar-refractivity contribution in [2.45, 2.75) is 40.3 Å². The molecule has 0 aliphatic heterocycles. The van der Waals surface area contributed by atoms with Crippen LogP contribution in [0.4, 0.5) is 0 Å². The molecule has 6 nitrogen and oxygen atoms in total. The Morgan fingerprint density at radius 1 is 1.14 bits per heavy atom. The van der Waals surface area contributed by atoms with E-state index < -0.39 is 0 Å². The first-order valence-corrected chi connectivity index (χ1v) is 9.27. The number of ether oxygens (including phenoxy) is 1. The van der Waals surface area contributed by atoms with Crippen molar-refractivity contribution in [3.63, 3.8) is 0 Å². The second kappa shape index (κ2) is 8.25. The van der Waals surface area contributed by atoms with Crippen molar-refractivity contribution < 1.29 is 9.53 Å². The van der Waals surface area contributed by atoms with E-state index in [1.807, 2.05) is 50.2 Å². The van der Waals surface area contributed by atoms with Gasteiger partial charge in [0.1, 0.15) is 11.4 Å². The summed E-state index contributed by atoms with van der Waals surface area (Å²) in [6, 6.07) is 11.5. The number of aromatic nitrogens is 2. The number of rotatable bonds is 6. The number of nitrogens with zero attached hydrogens (tertiary/aromatic N) is 2. The van der Waals surface area contributed by atoms with Gasteiger partial charge in [-0.25, -0.2) is 4.98 Å². The average molecular weight is 379 g/mol. The van der Waals surface area contributed by atoms with Crippen molar-refractivity contribution >= 4 is 16.9 Å². The molecule has 2 aromatic carbocycles. The number of benzene rings is 2. The highest BCUT2D eigenvalue weighted by atomic mass is 16.5. The Kier molecular flexibility index (Phi) is 5.78. The molecule has 0 radical (unpaired) electrons. The Labute approximate surface area is 164 Å². The molecule has 1 aromatic heterocycles. The normalized spacial score (nSPS) is 10.9. The Morgan fingerprint density at radius 3 is 2.64 bits per heavy atom. The van der Waals surface area contributed by atoms with Crippen molar-refractivity contribution in [1.82, 2.24) is 14.9 Å². The largest absolute Gasteiger partial charge is 0.497 e. The summed E-state index contributed by atoms with van der Waals surface area (Å²) in [5.41, 5.74) is 5.00. The second-order valence-electron chi connectivity index (χ2n) is 6.96. The fourth-order valence-electron chi connectivity index (χ4n) is 3.13. The number of carbonyl (C=O) groups is 1. The summed E-state index contributed by atoms with van der Waals surface area (Å²) < 4.78 is 6.84. The van der Waals surface area contributed by atoms with Crippen molar-refractivity contribution in [2.24, 2.45) is 0 Å². The highest BCUT2D eigenvalue weighted by Gasteiger charge is 2.11. The Hall–Kier alpha value is -3.15. The number of hydrogen-bond acceptors (Lipinski definition) is 4. The molecule has 0 atom stereocenters. The molecule has 146 valence electrons. The Bertz CT molecular complexity index is 1090. The van der Waals surface area contributed by atoms with Gasteiger partial charge in [-0.3, -0.25) is 9.59 Å². The first-order chi connectivity index (χ1) is 13.4. The van der Waals surface area contributed by atoms with Gasteiger partial charge >= 0.3 is 0 Å². The van der Waals surface area contributed by atoms with Crippen molar-refractivity contribution in [3.8, 4) is 5.75 Å². The fraction of sp³-hybridized carbons (Fsp3) is 0.318. The van der Waals surface area contributed by atoms with Crippen LogP contribution in [0.25, 0.3) is 11.0 Å². The molecule has 6 heteroatoms. The number of nitrogens with one attached hydrogen (secondary N) is 1. The van der Waals surface area contributed by atoms with Crippen LogP contribution < -0.4 is 15.6 Å². The molecule has 0 fully saturated rings. The number of methoxy groups -OCH3 is 1. The lowest BCUT2D eigenvalue weighted by atomic mass is 10.1. The van der Waals surface area contributed by atoms with E-state index in [4.69, 9.17) is 4.74 Å². The van der Waals surface area contributed by atoms with E-state index in [0.717, 1.165) is 33.5 Å². The van der Waals surface area contributed by atoms with Gasteiger partial charge in [-0.15, -0.1) is 0 Å². The Balaban J connectivity index is 1.74. The zero-order chi connectivity index (χ0) is 20.3. The number of fused-ring (bicyclic) bond motifs is 1.